The zero-order chi connectivity index (χ0) is 10.5. The molecule has 0 aromatic heterocycles. The smallest absolute Gasteiger partial charge is 0.123 e. The Kier molecular flexibility index (Phi) is 7.20. The summed E-state index contributed by atoms with van der Waals surface area (Å²) >= 11 is 23.7. The average Bonchev–Trinajstić information content (AvgIpc) is 1.98. The summed E-state index contributed by atoms with van der Waals surface area (Å²) in [4.78, 5) is 0. The van der Waals surface area contributed by atoms with Crippen molar-refractivity contribution in [1.29, 1.82) is 0 Å². The Bertz CT molecular complexity index is 130. The van der Waals surface area contributed by atoms with Crippen LogP contribution < -0.4 is 0 Å². The van der Waals surface area contributed by atoms with E-state index in [4.69, 9.17) is 46.4 Å². The summed E-state index contributed by atoms with van der Waals surface area (Å²) in [7, 11) is 0. The molecule has 0 aliphatic rings. The minimum atomic E-state index is -1.22. The van der Waals surface area contributed by atoms with Crippen molar-refractivity contribution >= 4 is 46.4 Å². The van der Waals surface area contributed by atoms with Gasteiger partial charge in [-0.1, -0.05) is 61.5 Å². The van der Waals surface area contributed by atoms with Crippen molar-refractivity contribution in [1.82, 2.24) is 0 Å². The first-order valence-corrected chi connectivity index (χ1v) is 6.21. The van der Waals surface area contributed by atoms with E-state index < -0.39 is 3.79 Å². The molecule has 0 aromatic carbocycles. The van der Waals surface area contributed by atoms with E-state index in [2.05, 4.69) is 13.8 Å². The third-order valence-electron chi connectivity index (χ3n) is 2.02. The van der Waals surface area contributed by atoms with Crippen LogP contribution in [0.2, 0.25) is 0 Å². The summed E-state index contributed by atoms with van der Waals surface area (Å²) in [5.41, 5.74) is 0. The molecular weight excluding hydrogens is 250 g/mol. The van der Waals surface area contributed by atoms with Gasteiger partial charge in [0.2, 0.25) is 0 Å². The van der Waals surface area contributed by atoms with E-state index in [1.807, 2.05) is 0 Å². The van der Waals surface area contributed by atoms with Crippen molar-refractivity contribution in [3.8, 4) is 0 Å². The van der Waals surface area contributed by atoms with E-state index >= 15 is 0 Å². The first kappa shape index (κ1) is 14.2. The molecule has 0 fully saturated rings. The highest BCUT2D eigenvalue weighted by Crippen LogP contribution is 2.42. The van der Waals surface area contributed by atoms with Crippen LogP contribution in [0.15, 0.2) is 0 Å². The fraction of sp³-hybridized carbons (Fsp3) is 1.00. The van der Waals surface area contributed by atoms with Gasteiger partial charge in [0.05, 0.1) is 0 Å². The Hall–Kier alpha value is 1.16. The summed E-state index contributed by atoms with van der Waals surface area (Å²) in [6.07, 6.45) is 3.78. The van der Waals surface area contributed by atoms with Gasteiger partial charge in [0.15, 0.2) is 3.79 Å². The molecule has 4 heteroatoms. The first-order valence-electron chi connectivity index (χ1n) is 4.64. The number of alkyl halides is 4. The lowest BCUT2D eigenvalue weighted by atomic mass is 9.98. The molecule has 0 bridgehead atoms. The molecule has 0 aliphatic carbocycles. The molecule has 0 heterocycles. The maximum Gasteiger partial charge on any atom is 0.194 e. The third kappa shape index (κ3) is 5.57. The zero-order valence-electron chi connectivity index (χ0n) is 7.99. The van der Waals surface area contributed by atoms with Gasteiger partial charge in [-0.25, -0.2) is 0 Å². The quantitative estimate of drug-likeness (QED) is 0.601. The fourth-order valence-electron chi connectivity index (χ4n) is 1.34. The molecule has 0 saturated carbocycles. The molecule has 0 aromatic rings. The van der Waals surface area contributed by atoms with E-state index in [1.54, 1.807) is 0 Å². The Morgan fingerprint density at radius 3 is 1.77 bits per heavy atom. The molecular formula is C9H16Cl4. The molecule has 0 rings (SSSR count). The fourth-order valence-corrected chi connectivity index (χ4v) is 2.85. The highest BCUT2D eigenvalue weighted by atomic mass is 35.6. The van der Waals surface area contributed by atoms with Gasteiger partial charge in [0.25, 0.3) is 0 Å². The minimum Gasteiger partial charge on any atom is -0.123 e. The maximum atomic E-state index is 6.16. The van der Waals surface area contributed by atoms with Crippen LogP contribution in [0.3, 0.4) is 0 Å². The zero-order valence-corrected chi connectivity index (χ0v) is 11.0. The summed E-state index contributed by atoms with van der Waals surface area (Å²) < 4.78 is -1.22. The van der Waals surface area contributed by atoms with E-state index in [0.717, 1.165) is 25.7 Å². The molecule has 0 radical (unpaired) electrons. The van der Waals surface area contributed by atoms with Crippen molar-refractivity contribution in [3.63, 3.8) is 0 Å². The summed E-state index contributed by atoms with van der Waals surface area (Å²) in [5.74, 6) is -0.0379. The van der Waals surface area contributed by atoms with Gasteiger partial charge in [-0.2, -0.15) is 0 Å². The lowest BCUT2D eigenvalue weighted by Crippen LogP contribution is -2.28. The normalized spacial score (nSPS) is 17.1. The molecule has 0 amide bonds. The lowest BCUT2D eigenvalue weighted by Gasteiger charge is -2.28. The van der Waals surface area contributed by atoms with Crippen LogP contribution in [0, 0.1) is 5.92 Å². The van der Waals surface area contributed by atoms with Crippen molar-refractivity contribution in [2.75, 3.05) is 0 Å². The van der Waals surface area contributed by atoms with Crippen LogP contribution in [-0.2, 0) is 0 Å². The van der Waals surface area contributed by atoms with Crippen LogP contribution in [-0.4, -0.2) is 9.17 Å². The molecule has 0 aliphatic heterocycles. The van der Waals surface area contributed by atoms with Crippen LogP contribution >= 0.6 is 46.4 Å². The molecule has 80 valence electrons. The van der Waals surface area contributed by atoms with Crippen molar-refractivity contribution in [2.24, 2.45) is 5.92 Å². The van der Waals surface area contributed by atoms with Crippen molar-refractivity contribution in [3.05, 3.63) is 0 Å². The van der Waals surface area contributed by atoms with Gasteiger partial charge >= 0.3 is 0 Å². The highest BCUT2D eigenvalue weighted by Gasteiger charge is 2.36. The molecule has 0 saturated heterocycles. The first-order chi connectivity index (χ1) is 5.93. The van der Waals surface area contributed by atoms with E-state index in [-0.39, 0.29) is 11.3 Å². The van der Waals surface area contributed by atoms with Gasteiger partial charge in [0.1, 0.15) is 0 Å². The Morgan fingerprint density at radius 2 is 1.46 bits per heavy atom. The SMILES string of the molecule is CCC[C@@H](Cl)[C@@H](CCC)C(Cl)(Cl)Cl. The number of hydrogen-bond donors (Lipinski definition) is 0. The Morgan fingerprint density at radius 1 is 1.00 bits per heavy atom. The summed E-state index contributed by atoms with van der Waals surface area (Å²) in [5, 5.41) is -0.0301. The van der Waals surface area contributed by atoms with E-state index in [0.29, 0.717) is 0 Å². The second-order valence-corrected chi connectivity index (χ2v) is 6.17. The second kappa shape index (κ2) is 6.61. The van der Waals surface area contributed by atoms with Crippen LogP contribution in [0.5, 0.6) is 0 Å². The average molecular weight is 266 g/mol. The standard InChI is InChI=1S/C9H16Cl4/c1-3-5-7(9(11,12)13)8(10)6-4-2/h7-8H,3-6H2,1-2H3/t7-,8-/m1/s1. The monoisotopic (exact) mass is 264 g/mol. The molecule has 0 nitrogen and oxygen atoms in total. The molecule has 2 atom stereocenters. The Labute approximate surface area is 101 Å². The van der Waals surface area contributed by atoms with Gasteiger partial charge < -0.3 is 0 Å². The topological polar surface area (TPSA) is 0 Å². The number of rotatable bonds is 5. The lowest BCUT2D eigenvalue weighted by molar-refractivity contribution is 0.443. The van der Waals surface area contributed by atoms with Crippen molar-refractivity contribution < 1.29 is 0 Å². The number of hydrogen-bond acceptors (Lipinski definition) is 0. The van der Waals surface area contributed by atoms with Crippen LogP contribution in [0.25, 0.3) is 0 Å². The summed E-state index contributed by atoms with van der Waals surface area (Å²) in [6.45, 7) is 4.15. The number of halogens is 4. The van der Waals surface area contributed by atoms with Crippen LogP contribution in [0.4, 0.5) is 0 Å². The largest absolute Gasteiger partial charge is 0.194 e. The predicted octanol–water partition coefficient (Wildman–Crippen LogP) is 5.18. The Balaban J connectivity index is 4.23. The van der Waals surface area contributed by atoms with Gasteiger partial charge in [-0.3, -0.25) is 0 Å². The second-order valence-electron chi connectivity index (χ2n) is 3.24. The van der Waals surface area contributed by atoms with Crippen molar-refractivity contribution in [2.45, 2.75) is 48.7 Å². The maximum absolute atomic E-state index is 6.16. The van der Waals surface area contributed by atoms with Gasteiger partial charge in [-0.15, -0.1) is 11.6 Å². The molecule has 0 N–H and O–H groups in total. The highest BCUT2D eigenvalue weighted by molar-refractivity contribution is 6.67. The molecule has 13 heavy (non-hydrogen) atoms. The third-order valence-corrected chi connectivity index (χ3v) is 3.38. The minimum absolute atomic E-state index is 0.0301. The summed E-state index contributed by atoms with van der Waals surface area (Å²) in [6, 6.07) is 0. The van der Waals surface area contributed by atoms with Crippen LogP contribution in [0.1, 0.15) is 39.5 Å². The molecule has 0 spiro atoms. The molecule has 0 unspecified atom stereocenters. The van der Waals surface area contributed by atoms with E-state index in [1.165, 1.54) is 0 Å². The van der Waals surface area contributed by atoms with Gasteiger partial charge in [-0.05, 0) is 12.8 Å². The predicted molar refractivity (Wildman–Crippen MR) is 63.2 cm³/mol. The van der Waals surface area contributed by atoms with E-state index in [9.17, 15) is 0 Å². The van der Waals surface area contributed by atoms with Gasteiger partial charge in [0, 0.05) is 11.3 Å².